The van der Waals surface area contributed by atoms with Crippen molar-refractivity contribution in [2.75, 3.05) is 32.8 Å². The summed E-state index contributed by atoms with van der Waals surface area (Å²) in [6.45, 7) is 4.47. The first-order valence-corrected chi connectivity index (χ1v) is 8.38. The number of nitrogens with zero attached hydrogens (tertiary/aromatic N) is 3. The maximum Gasteiger partial charge on any atom is 0.213 e. The number of pyridine rings is 1. The molecule has 23 heavy (non-hydrogen) atoms. The summed E-state index contributed by atoms with van der Waals surface area (Å²) in [6.07, 6.45) is 10.1. The first-order chi connectivity index (χ1) is 11.3. The predicted molar refractivity (Wildman–Crippen MR) is 90.2 cm³/mol. The van der Waals surface area contributed by atoms with Crippen molar-refractivity contribution in [1.82, 2.24) is 9.88 Å². The van der Waals surface area contributed by atoms with Gasteiger partial charge in [-0.1, -0.05) is 6.42 Å². The van der Waals surface area contributed by atoms with Crippen LogP contribution < -0.4 is 4.74 Å². The van der Waals surface area contributed by atoms with Crippen LogP contribution in [-0.4, -0.2) is 54.2 Å². The zero-order valence-electron chi connectivity index (χ0n) is 13.4. The lowest BCUT2D eigenvalue weighted by molar-refractivity contribution is -0.113. The largest absolute Gasteiger partial charge is 0.478 e. The van der Waals surface area contributed by atoms with Crippen LogP contribution in [0.15, 0.2) is 35.5 Å². The lowest BCUT2D eigenvalue weighted by atomic mass is 10.1. The van der Waals surface area contributed by atoms with Gasteiger partial charge in [0.15, 0.2) is 5.78 Å². The standard InChI is InChI=1S/C18H23N3O2/c22-16-6-7-17(19-14-16)15-5-8-18(20-13-15)23-12-4-11-21-9-2-1-3-10-21/h5-8,13H,1-4,9-12,14H2. The van der Waals surface area contributed by atoms with E-state index in [1.807, 2.05) is 12.1 Å². The number of carbonyl (C=O) groups is 1. The number of aliphatic imine (C=N–C) groups is 1. The summed E-state index contributed by atoms with van der Waals surface area (Å²) in [6, 6.07) is 3.80. The smallest absolute Gasteiger partial charge is 0.213 e. The number of allylic oxidation sites excluding steroid dienone is 1. The van der Waals surface area contributed by atoms with Gasteiger partial charge in [0.1, 0.15) is 6.54 Å². The molecule has 0 aromatic carbocycles. The first kappa shape index (κ1) is 15.9. The second-order valence-corrected chi connectivity index (χ2v) is 5.99. The lowest BCUT2D eigenvalue weighted by Crippen LogP contribution is -2.31. The lowest BCUT2D eigenvalue weighted by Gasteiger charge is -2.26. The Morgan fingerprint density at radius 1 is 1.13 bits per heavy atom. The van der Waals surface area contributed by atoms with E-state index in [1.54, 1.807) is 18.3 Å². The number of ketones is 1. The molecule has 0 unspecified atom stereocenters. The molecule has 0 spiro atoms. The molecule has 0 atom stereocenters. The maximum absolute atomic E-state index is 11.1. The van der Waals surface area contributed by atoms with Gasteiger partial charge >= 0.3 is 0 Å². The number of ether oxygens (including phenoxy) is 1. The molecule has 1 aromatic rings. The van der Waals surface area contributed by atoms with Crippen LogP contribution in [-0.2, 0) is 4.79 Å². The van der Waals surface area contributed by atoms with E-state index >= 15 is 0 Å². The van der Waals surface area contributed by atoms with Gasteiger partial charge in [-0.15, -0.1) is 0 Å². The zero-order chi connectivity index (χ0) is 15.9. The minimum atomic E-state index is 0.0374. The zero-order valence-corrected chi connectivity index (χ0v) is 13.4. The van der Waals surface area contributed by atoms with E-state index in [4.69, 9.17) is 4.74 Å². The molecule has 2 aliphatic heterocycles. The molecule has 5 nitrogen and oxygen atoms in total. The highest BCUT2D eigenvalue weighted by molar-refractivity contribution is 6.14. The van der Waals surface area contributed by atoms with Gasteiger partial charge in [-0.05, 0) is 50.6 Å². The monoisotopic (exact) mass is 313 g/mol. The minimum absolute atomic E-state index is 0.0374. The molecule has 1 fully saturated rings. The van der Waals surface area contributed by atoms with Crippen LogP contribution in [0.25, 0.3) is 0 Å². The second-order valence-electron chi connectivity index (χ2n) is 5.99. The van der Waals surface area contributed by atoms with Gasteiger partial charge in [-0.2, -0.15) is 0 Å². The normalized spacial score (nSPS) is 18.8. The first-order valence-electron chi connectivity index (χ1n) is 8.38. The van der Waals surface area contributed by atoms with Gasteiger partial charge in [-0.25, -0.2) is 4.98 Å². The predicted octanol–water partition coefficient (Wildman–Crippen LogP) is 2.26. The molecule has 2 aliphatic rings. The SMILES string of the molecule is O=C1C=CC(c2ccc(OCCCN3CCCCC3)nc2)=NC1. The number of dihydropyridines is 1. The molecule has 0 saturated carbocycles. The topological polar surface area (TPSA) is 54.8 Å². The Balaban J connectivity index is 1.42. The van der Waals surface area contributed by atoms with Crippen molar-refractivity contribution in [3.8, 4) is 5.88 Å². The third kappa shape index (κ3) is 4.73. The average Bonchev–Trinajstić information content (AvgIpc) is 2.61. The molecule has 0 bridgehead atoms. The van der Waals surface area contributed by atoms with Gasteiger partial charge < -0.3 is 9.64 Å². The number of carbonyl (C=O) groups excluding carboxylic acids is 1. The van der Waals surface area contributed by atoms with Crippen LogP contribution in [0.1, 0.15) is 31.2 Å². The van der Waals surface area contributed by atoms with Gasteiger partial charge in [0.25, 0.3) is 0 Å². The Bertz CT molecular complexity index is 587. The molecule has 0 amide bonds. The van der Waals surface area contributed by atoms with Crippen LogP contribution in [0.2, 0.25) is 0 Å². The van der Waals surface area contributed by atoms with E-state index in [9.17, 15) is 4.79 Å². The Labute approximate surface area is 137 Å². The van der Waals surface area contributed by atoms with Crippen molar-refractivity contribution in [1.29, 1.82) is 0 Å². The van der Waals surface area contributed by atoms with Crippen LogP contribution >= 0.6 is 0 Å². The van der Waals surface area contributed by atoms with Crippen molar-refractivity contribution >= 4 is 11.5 Å². The second kappa shape index (κ2) is 8.02. The van der Waals surface area contributed by atoms with Crippen molar-refractivity contribution in [2.45, 2.75) is 25.7 Å². The molecular formula is C18H23N3O2. The highest BCUT2D eigenvalue weighted by atomic mass is 16.5. The van der Waals surface area contributed by atoms with E-state index in [1.165, 1.54) is 32.4 Å². The number of hydrogen-bond donors (Lipinski definition) is 0. The van der Waals surface area contributed by atoms with Crippen LogP contribution in [0.4, 0.5) is 0 Å². The van der Waals surface area contributed by atoms with Gasteiger partial charge in [0.2, 0.25) is 5.88 Å². The number of piperidine rings is 1. The molecule has 122 valence electrons. The molecule has 0 radical (unpaired) electrons. The summed E-state index contributed by atoms with van der Waals surface area (Å²) >= 11 is 0. The number of rotatable bonds is 6. The molecule has 1 saturated heterocycles. The van der Waals surface area contributed by atoms with E-state index in [2.05, 4.69) is 14.9 Å². The highest BCUT2D eigenvalue weighted by Crippen LogP contribution is 2.12. The third-order valence-corrected chi connectivity index (χ3v) is 4.18. The fourth-order valence-electron chi connectivity index (χ4n) is 2.89. The van der Waals surface area contributed by atoms with Gasteiger partial charge in [0.05, 0.1) is 12.3 Å². The number of aromatic nitrogens is 1. The van der Waals surface area contributed by atoms with Crippen LogP contribution in [0.5, 0.6) is 5.88 Å². The van der Waals surface area contributed by atoms with Crippen LogP contribution in [0.3, 0.4) is 0 Å². The van der Waals surface area contributed by atoms with Crippen molar-refractivity contribution < 1.29 is 9.53 Å². The quantitative estimate of drug-likeness (QED) is 0.756. The minimum Gasteiger partial charge on any atom is -0.478 e. The fraction of sp³-hybridized carbons (Fsp3) is 0.500. The van der Waals surface area contributed by atoms with E-state index in [-0.39, 0.29) is 12.3 Å². The van der Waals surface area contributed by atoms with Gasteiger partial charge in [0, 0.05) is 24.4 Å². The third-order valence-electron chi connectivity index (χ3n) is 4.18. The van der Waals surface area contributed by atoms with E-state index in [0.717, 1.165) is 24.2 Å². The summed E-state index contributed by atoms with van der Waals surface area (Å²) in [5.41, 5.74) is 1.71. The summed E-state index contributed by atoms with van der Waals surface area (Å²) in [4.78, 5) is 22.2. The van der Waals surface area contributed by atoms with Crippen LogP contribution in [0, 0.1) is 0 Å². The average molecular weight is 313 g/mol. The Morgan fingerprint density at radius 2 is 2.00 bits per heavy atom. The summed E-state index contributed by atoms with van der Waals surface area (Å²) in [7, 11) is 0. The van der Waals surface area contributed by atoms with Crippen molar-refractivity contribution in [3.05, 3.63) is 36.0 Å². The molecule has 1 aromatic heterocycles. The molecule has 0 aliphatic carbocycles. The Morgan fingerprint density at radius 3 is 2.70 bits per heavy atom. The fourth-order valence-corrected chi connectivity index (χ4v) is 2.89. The molecule has 3 rings (SSSR count). The summed E-state index contributed by atoms with van der Waals surface area (Å²) < 4.78 is 5.71. The van der Waals surface area contributed by atoms with E-state index in [0.29, 0.717) is 12.5 Å². The molecular weight excluding hydrogens is 290 g/mol. The van der Waals surface area contributed by atoms with E-state index < -0.39 is 0 Å². The Hall–Kier alpha value is -2.01. The number of hydrogen-bond acceptors (Lipinski definition) is 5. The van der Waals surface area contributed by atoms with Crippen molar-refractivity contribution in [3.63, 3.8) is 0 Å². The van der Waals surface area contributed by atoms with Gasteiger partial charge in [-0.3, -0.25) is 9.79 Å². The highest BCUT2D eigenvalue weighted by Gasteiger charge is 2.10. The molecule has 3 heterocycles. The molecule has 0 N–H and O–H groups in total. The molecule has 5 heteroatoms. The van der Waals surface area contributed by atoms with Crippen molar-refractivity contribution in [2.24, 2.45) is 4.99 Å². The Kier molecular flexibility index (Phi) is 5.53. The number of likely N-dealkylation sites (tertiary alicyclic amines) is 1. The maximum atomic E-state index is 11.1. The summed E-state index contributed by atoms with van der Waals surface area (Å²) in [5.74, 6) is 0.680. The summed E-state index contributed by atoms with van der Waals surface area (Å²) in [5, 5.41) is 0.